The van der Waals surface area contributed by atoms with Gasteiger partial charge in [0.1, 0.15) is 12.7 Å². The molecule has 0 bridgehead atoms. The van der Waals surface area contributed by atoms with E-state index in [1.54, 1.807) is 7.11 Å². The second kappa shape index (κ2) is 8.44. The van der Waals surface area contributed by atoms with E-state index in [1.165, 1.54) is 12.4 Å². The second-order valence-electron chi connectivity index (χ2n) is 3.16. The van der Waals surface area contributed by atoms with Crippen LogP contribution in [-0.4, -0.2) is 43.5 Å². The van der Waals surface area contributed by atoms with Crippen molar-refractivity contribution in [3.05, 3.63) is 18.1 Å². The summed E-state index contributed by atoms with van der Waals surface area (Å²) in [6.07, 6.45) is 3.66. The standard InChI is InChI=1S/C11H15N3O3/c1-15-3-2-4-16-5-6-17-11-9-13-10(7-12)8-14-11/h8-9H,2-6H2,1H3. The zero-order chi connectivity index (χ0) is 12.3. The molecular formula is C11H15N3O3. The molecule has 0 aliphatic carbocycles. The van der Waals surface area contributed by atoms with Crippen LogP contribution in [-0.2, 0) is 9.47 Å². The van der Waals surface area contributed by atoms with Gasteiger partial charge < -0.3 is 14.2 Å². The maximum Gasteiger partial charge on any atom is 0.232 e. The third-order valence-corrected chi connectivity index (χ3v) is 1.86. The lowest BCUT2D eigenvalue weighted by molar-refractivity contribution is 0.0794. The van der Waals surface area contributed by atoms with Gasteiger partial charge in [-0.2, -0.15) is 5.26 Å². The van der Waals surface area contributed by atoms with Crippen LogP contribution in [0.5, 0.6) is 5.88 Å². The molecule has 0 saturated carbocycles. The SMILES string of the molecule is COCCCOCCOc1cnc(C#N)cn1. The number of rotatable bonds is 8. The molecule has 0 atom stereocenters. The molecule has 0 unspecified atom stereocenters. The lowest BCUT2D eigenvalue weighted by Gasteiger charge is -2.05. The minimum atomic E-state index is 0.271. The minimum absolute atomic E-state index is 0.271. The van der Waals surface area contributed by atoms with Crippen LogP contribution in [0.2, 0.25) is 0 Å². The van der Waals surface area contributed by atoms with Crippen molar-refractivity contribution in [1.29, 1.82) is 5.26 Å². The van der Waals surface area contributed by atoms with Gasteiger partial charge in [-0.3, -0.25) is 0 Å². The van der Waals surface area contributed by atoms with Crippen molar-refractivity contribution < 1.29 is 14.2 Å². The van der Waals surface area contributed by atoms with E-state index in [-0.39, 0.29) is 5.69 Å². The van der Waals surface area contributed by atoms with Crippen LogP contribution in [0.15, 0.2) is 12.4 Å². The van der Waals surface area contributed by atoms with Crippen molar-refractivity contribution >= 4 is 0 Å². The first-order valence-electron chi connectivity index (χ1n) is 5.28. The van der Waals surface area contributed by atoms with Crippen molar-refractivity contribution in [2.45, 2.75) is 6.42 Å². The second-order valence-corrected chi connectivity index (χ2v) is 3.16. The molecule has 6 heteroatoms. The number of ether oxygens (including phenoxy) is 3. The Morgan fingerprint density at radius 3 is 2.71 bits per heavy atom. The van der Waals surface area contributed by atoms with Gasteiger partial charge in [0.15, 0.2) is 5.69 Å². The van der Waals surface area contributed by atoms with E-state index in [9.17, 15) is 0 Å². The Morgan fingerprint density at radius 1 is 1.18 bits per heavy atom. The highest BCUT2D eigenvalue weighted by atomic mass is 16.5. The maximum absolute atomic E-state index is 8.52. The average Bonchev–Trinajstić information content (AvgIpc) is 2.38. The number of methoxy groups -OCH3 is 1. The summed E-state index contributed by atoms with van der Waals surface area (Å²) >= 11 is 0. The fourth-order valence-electron chi connectivity index (χ4n) is 1.06. The van der Waals surface area contributed by atoms with E-state index in [0.29, 0.717) is 32.3 Å². The number of nitrogens with zero attached hydrogens (tertiary/aromatic N) is 3. The van der Waals surface area contributed by atoms with Crippen LogP contribution in [0, 0.1) is 11.3 Å². The Labute approximate surface area is 100 Å². The van der Waals surface area contributed by atoms with Gasteiger partial charge in [0.25, 0.3) is 0 Å². The highest BCUT2D eigenvalue weighted by molar-refractivity contribution is 5.18. The molecule has 17 heavy (non-hydrogen) atoms. The predicted octanol–water partition coefficient (Wildman–Crippen LogP) is 0.780. The first kappa shape index (κ1) is 13.4. The van der Waals surface area contributed by atoms with Crippen LogP contribution in [0.3, 0.4) is 0 Å². The molecule has 1 heterocycles. The molecule has 0 spiro atoms. The molecule has 6 nitrogen and oxygen atoms in total. The Kier molecular flexibility index (Phi) is 6.63. The monoisotopic (exact) mass is 237 g/mol. The summed E-state index contributed by atoms with van der Waals surface area (Å²) in [5, 5.41) is 8.52. The summed E-state index contributed by atoms with van der Waals surface area (Å²) in [6, 6.07) is 1.88. The summed E-state index contributed by atoms with van der Waals surface area (Å²) in [4.78, 5) is 7.74. The first-order valence-corrected chi connectivity index (χ1v) is 5.28. The van der Waals surface area contributed by atoms with Crippen LogP contribution in [0.25, 0.3) is 0 Å². The molecule has 0 aliphatic rings. The molecule has 0 saturated heterocycles. The molecule has 1 aromatic heterocycles. The lowest BCUT2D eigenvalue weighted by Crippen LogP contribution is -2.09. The lowest BCUT2D eigenvalue weighted by atomic mass is 10.5. The van der Waals surface area contributed by atoms with Gasteiger partial charge in [0.05, 0.1) is 19.0 Å². The minimum Gasteiger partial charge on any atom is -0.474 e. The van der Waals surface area contributed by atoms with E-state index >= 15 is 0 Å². The quantitative estimate of drug-likeness (QED) is 0.622. The van der Waals surface area contributed by atoms with Gasteiger partial charge in [0, 0.05) is 20.3 Å². The van der Waals surface area contributed by atoms with Gasteiger partial charge in [-0.25, -0.2) is 9.97 Å². The highest BCUT2D eigenvalue weighted by Crippen LogP contribution is 2.02. The Hall–Kier alpha value is -1.71. The molecule has 92 valence electrons. The van der Waals surface area contributed by atoms with Crippen molar-refractivity contribution in [1.82, 2.24) is 9.97 Å². The van der Waals surface area contributed by atoms with Crippen molar-refractivity contribution in [3.8, 4) is 11.9 Å². The van der Waals surface area contributed by atoms with Crippen LogP contribution in [0.4, 0.5) is 0 Å². The average molecular weight is 237 g/mol. The van der Waals surface area contributed by atoms with E-state index in [4.69, 9.17) is 19.5 Å². The molecule has 0 amide bonds. The third kappa shape index (κ3) is 5.80. The molecule has 0 fully saturated rings. The van der Waals surface area contributed by atoms with Gasteiger partial charge >= 0.3 is 0 Å². The molecule has 1 aromatic rings. The third-order valence-electron chi connectivity index (χ3n) is 1.86. The number of hydrogen-bond donors (Lipinski definition) is 0. The summed E-state index contributed by atoms with van der Waals surface area (Å²) in [7, 11) is 1.66. The summed E-state index contributed by atoms with van der Waals surface area (Å²) in [5.74, 6) is 0.393. The van der Waals surface area contributed by atoms with Crippen molar-refractivity contribution in [2.24, 2.45) is 0 Å². The van der Waals surface area contributed by atoms with E-state index in [1.807, 2.05) is 6.07 Å². The van der Waals surface area contributed by atoms with E-state index in [0.717, 1.165) is 6.42 Å². The van der Waals surface area contributed by atoms with Crippen LogP contribution in [0.1, 0.15) is 12.1 Å². The van der Waals surface area contributed by atoms with Crippen LogP contribution < -0.4 is 4.74 Å². The summed E-state index contributed by atoms with van der Waals surface area (Å²) in [6.45, 7) is 2.25. The van der Waals surface area contributed by atoms with Crippen molar-refractivity contribution in [2.75, 3.05) is 33.5 Å². The van der Waals surface area contributed by atoms with Gasteiger partial charge in [-0.15, -0.1) is 0 Å². The number of nitriles is 1. The van der Waals surface area contributed by atoms with Crippen molar-refractivity contribution in [3.63, 3.8) is 0 Å². The smallest absolute Gasteiger partial charge is 0.232 e. The van der Waals surface area contributed by atoms with E-state index < -0.39 is 0 Å². The maximum atomic E-state index is 8.52. The highest BCUT2D eigenvalue weighted by Gasteiger charge is 1.97. The van der Waals surface area contributed by atoms with Gasteiger partial charge in [-0.1, -0.05) is 0 Å². The molecule has 0 aromatic carbocycles. The normalized spacial score (nSPS) is 9.88. The number of aromatic nitrogens is 2. The van der Waals surface area contributed by atoms with Crippen LogP contribution >= 0.6 is 0 Å². The van der Waals surface area contributed by atoms with Gasteiger partial charge in [0.2, 0.25) is 5.88 Å². The first-order chi connectivity index (χ1) is 8.36. The Morgan fingerprint density at radius 2 is 2.06 bits per heavy atom. The van der Waals surface area contributed by atoms with E-state index in [2.05, 4.69) is 9.97 Å². The zero-order valence-electron chi connectivity index (χ0n) is 9.76. The Bertz CT molecular complexity index is 348. The molecule has 0 aliphatic heterocycles. The summed E-state index contributed by atoms with van der Waals surface area (Å²) < 4.78 is 15.5. The molecule has 0 radical (unpaired) electrons. The number of hydrogen-bond acceptors (Lipinski definition) is 6. The zero-order valence-corrected chi connectivity index (χ0v) is 9.76. The molecule has 0 N–H and O–H groups in total. The van der Waals surface area contributed by atoms with Gasteiger partial charge in [-0.05, 0) is 6.42 Å². The fraction of sp³-hybridized carbons (Fsp3) is 0.545. The largest absolute Gasteiger partial charge is 0.474 e. The molecular weight excluding hydrogens is 222 g/mol. The predicted molar refractivity (Wildman–Crippen MR) is 59.6 cm³/mol. The Balaban J connectivity index is 2.08. The molecule has 1 rings (SSSR count). The topological polar surface area (TPSA) is 77.3 Å². The summed E-state index contributed by atoms with van der Waals surface area (Å²) in [5.41, 5.74) is 0.271. The fourth-order valence-corrected chi connectivity index (χ4v) is 1.06.